The first-order valence-electron chi connectivity index (χ1n) is 11.2. The third kappa shape index (κ3) is 6.84. The van der Waals surface area contributed by atoms with Crippen molar-refractivity contribution in [2.24, 2.45) is 5.73 Å². The van der Waals surface area contributed by atoms with E-state index in [2.05, 4.69) is 10.2 Å². The Morgan fingerprint density at radius 1 is 1.06 bits per heavy atom. The third-order valence-electron chi connectivity index (χ3n) is 5.78. The smallest absolute Gasteiger partial charge is 0.257 e. The minimum absolute atomic E-state index is 0.226. The van der Waals surface area contributed by atoms with E-state index >= 15 is 0 Å². The number of hydrogen-bond donors (Lipinski definition) is 2. The van der Waals surface area contributed by atoms with E-state index in [1.807, 2.05) is 12.1 Å². The number of benzene rings is 2. The maximum atomic E-state index is 12.9. The Morgan fingerprint density at radius 3 is 2.50 bits per heavy atom. The molecule has 0 saturated heterocycles. The van der Waals surface area contributed by atoms with Crippen LogP contribution in [-0.4, -0.2) is 48.7 Å². The molecule has 0 unspecified atom stereocenters. The zero-order valence-electron chi connectivity index (χ0n) is 19.5. The molecular weight excluding hydrogens is 454 g/mol. The van der Waals surface area contributed by atoms with Crippen molar-refractivity contribution in [1.29, 1.82) is 0 Å². The van der Waals surface area contributed by atoms with Gasteiger partial charge in [0.05, 0.1) is 14.2 Å². The average molecular weight is 486 g/mol. The molecule has 0 aliphatic heterocycles. The molecule has 0 bridgehead atoms. The molecule has 2 amide bonds. The van der Waals surface area contributed by atoms with Crippen molar-refractivity contribution in [3.8, 4) is 17.2 Å². The third-order valence-corrected chi connectivity index (χ3v) is 6.12. The fourth-order valence-corrected chi connectivity index (χ4v) is 4.35. The van der Waals surface area contributed by atoms with Gasteiger partial charge in [0.25, 0.3) is 11.8 Å². The summed E-state index contributed by atoms with van der Waals surface area (Å²) in [6, 6.07) is 12.7. The Balaban J connectivity index is 1.78. The number of hydrogen-bond acceptors (Lipinski definition) is 6. The van der Waals surface area contributed by atoms with Crippen molar-refractivity contribution in [3.05, 3.63) is 53.6 Å². The summed E-state index contributed by atoms with van der Waals surface area (Å²) in [4.78, 5) is 26.0. The summed E-state index contributed by atoms with van der Waals surface area (Å²) in [7, 11) is 3.10. The number of nitrogens with zero attached hydrogens (tertiary/aromatic N) is 1. The van der Waals surface area contributed by atoms with Gasteiger partial charge in [-0.25, -0.2) is 0 Å². The van der Waals surface area contributed by atoms with E-state index in [4.69, 9.17) is 32.2 Å². The molecule has 9 heteroatoms. The summed E-state index contributed by atoms with van der Waals surface area (Å²) < 4.78 is 16.1. The molecule has 0 radical (unpaired) electrons. The van der Waals surface area contributed by atoms with Gasteiger partial charge in [-0.2, -0.15) is 0 Å². The second-order valence-corrected chi connectivity index (χ2v) is 8.54. The van der Waals surface area contributed by atoms with Crippen LogP contribution in [0.2, 0.25) is 0 Å². The van der Waals surface area contributed by atoms with Crippen molar-refractivity contribution in [2.45, 2.75) is 44.7 Å². The normalized spacial score (nSPS) is 13.6. The summed E-state index contributed by atoms with van der Waals surface area (Å²) in [6.07, 6.45) is 5.46. The zero-order chi connectivity index (χ0) is 24.5. The Hall–Kier alpha value is -3.33. The molecule has 1 aliphatic carbocycles. The number of amides is 2. The van der Waals surface area contributed by atoms with Gasteiger partial charge in [-0.1, -0.05) is 31.4 Å². The highest BCUT2D eigenvalue weighted by atomic mass is 32.1. The lowest BCUT2D eigenvalue weighted by Crippen LogP contribution is -2.48. The van der Waals surface area contributed by atoms with E-state index < -0.39 is 5.91 Å². The molecule has 1 fully saturated rings. The van der Waals surface area contributed by atoms with Crippen molar-refractivity contribution in [2.75, 3.05) is 20.8 Å². The molecule has 2 aromatic rings. The van der Waals surface area contributed by atoms with E-state index in [9.17, 15) is 9.59 Å². The first-order chi connectivity index (χ1) is 16.4. The number of carbonyl (C=O) groups excluding carboxylic acids is 2. The molecule has 2 aromatic carbocycles. The number of thiocarbonyl (C=S) groups is 1. The van der Waals surface area contributed by atoms with E-state index in [0.29, 0.717) is 34.5 Å². The van der Waals surface area contributed by atoms with Gasteiger partial charge in [0.1, 0.15) is 5.75 Å². The van der Waals surface area contributed by atoms with E-state index in [-0.39, 0.29) is 18.6 Å². The molecule has 1 aliphatic rings. The Labute approximate surface area is 205 Å². The van der Waals surface area contributed by atoms with Crippen LogP contribution in [0.4, 0.5) is 0 Å². The lowest BCUT2D eigenvalue weighted by Gasteiger charge is -2.36. The highest BCUT2D eigenvalue weighted by molar-refractivity contribution is 7.80. The van der Waals surface area contributed by atoms with Crippen molar-refractivity contribution < 1.29 is 23.8 Å². The molecule has 0 atom stereocenters. The second kappa shape index (κ2) is 12.2. The van der Waals surface area contributed by atoms with Crippen LogP contribution in [-0.2, 0) is 11.3 Å². The number of nitrogens with one attached hydrogen (secondary N) is 1. The van der Waals surface area contributed by atoms with Crippen LogP contribution in [0.5, 0.6) is 17.2 Å². The van der Waals surface area contributed by atoms with Crippen molar-refractivity contribution in [1.82, 2.24) is 10.2 Å². The first-order valence-corrected chi connectivity index (χ1v) is 11.7. The number of rotatable bonds is 9. The molecule has 3 N–H and O–H groups in total. The summed E-state index contributed by atoms with van der Waals surface area (Å²) in [5.74, 6) is 0.689. The van der Waals surface area contributed by atoms with E-state index in [1.165, 1.54) is 13.5 Å². The standard InChI is InChI=1S/C25H31N3O5S/c1-31-20-10-6-7-18(14-20)24(30)27-25(34)28(19-8-4-3-5-9-19)15-17-11-12-21(22(13-17)32-2)33-16-23(26)29/h6-7,10-14,19H,3-5,8-9,15-16H2,1-2H3,(H2,26,29)(H,27,30,34). The summed E-state index contributed by atoms with van der Waals surface area (Å²) >= 11 is 5.71. The van der Waals surface area contributed by atoms with Crippen LogP contribution in [0.3, 0.4) is 0 Å². The maximum Gasteiger partial charge on any atom is 0.257 e. The van der Waals surface area contributed by atoms with Crippen LogP contribution in [0.25, 0.3) is 0 Å². The lowest BCUT2D eigenvalue weighted by molar-refractivity contribution is -0.119. The minimum Gasteiger partial charge on any atom is -0.497 e. The van der Waals surface area contributed by atoms with Gasteiger partial charge < -0.3 is 24.8 Å². The predicted octanol–water partition coefficient (Wildman–Crippen LogP) is 3.42. The van der Waals surface area contributed by atoms with Gasteiger partial charge >= 0.3 is 0 Å². The largest absolute Gasteiger partial charge is 0.497 e. The van der Waals surface area contributed by atoms with Gasteiger partial charge in [0, 0.05) is 18.2 Å². The van der Waals surface area contributed by atoms with Gasteiger partial charge in [0.15, 0.2) is 23.2 Å². The summed E-state index contributed by atoms with van der Waals surface area (Å²) in [5, 5.41) is 3.28. The maximum absolute atomic E-state index is 12.9. The topological polar surface area (TPSA) is 103 Å². The number of methoxy groups -OCH3 is 2. The van der Waals surface area contributed by atoms with Gasteiger partial charge in [-0.15, -0.1) is 0 Å². The molecule has 0 aromatic heterocycles. The second-order valence-electron chi connectivity index (χ2n) is 8.15. The van der Waals surface area contributed by atoms with Crippen molar-refractivity contribution >= 4 is 29.1 Å². The monoisotopic (exact) mass is 485 g/mol. The van der Waals surface area contributed by atoms with Gasteiger partial charge in [-0.05, 0) is 61.0 Å². The summed E-state index contributed by atoms with van der Waals surface area (Å²) in [6.45, 7) is 0.263. The number of nitrogens with two attached hydrogens (primary N) is 1. The highest BCUT2D eigenvalue weighted by Crippen LogP contribution is 2.30. The van der Waals surface area contributed by atoms with Gasteiger partial charge in [0.2, 0.25) is 0 Å². The Morgan fingerprint density at radius 2 is 1.82 bits per heavy atom. The molecular formula is C25H31N3O5S. The minimum atomic E-state index is -0.563. The van der Waals surface area contributed by atoms with E-state index in [1.54, 1.807) is 37.4 Å². The zero-order valence-corrected chi connectivity index (χ0v) is 20.4. The average Bonchev–Trinajstić information content (AvgIpc) is 2.86. The number of carbonyl (C=O) groups is 2. The highest BCUT2D eigenvalue weighted by Gasteiger charge is 2.25. The van der Waals surface area contributed by atoms with Crippen molar-refractivity contribution in [3.63, 3.8) is 0 Å². The molecule has 0 spiro atoms. The van der Waals surface area contributed by atoms with E-state index in [0.717, 1.165) is 31.2 Å². The van der Waals surface area contributed by atoms with Crippen LogP contribution in [0.15, 0.2) is 42.5 Å². The molecule has 34 heavy (non-hydrogen) atoms. The predicted molar refractivity (Wildman–Crippen MR) is 133 cm³/mol. The number of ether oxygens (including phenoxy) is 3. The van der Waals surface area contributed by atoms with Crippen LogP contribution in [0.1, 0.15) is 48.0 Å². The van der Waals surface area contributed by atoms with Crippen LogP contribution < -0.4 is 25.3 Å². The Kier molecular flexibility index (Phi) is 9.09. The summed E-state index contributed by atoms with van der Waals surface area (Å²) in [5.41, 5.74) is 6.59. The van der Waals surface area contributed by atoms with Crippen LogP contribution >= 0.6 is 12.2 Å². The number of primary amides is 1. The fraction of sp³-hybridized carbons (Fsp3) is 0.400. The van der Waals surface area contributed by atoms with Crippen LogP contribution in [0, 0.1) is 0 Å². The quantitative estimate of drug-likeness (QED) is 0.525. The molecule has 0 heterocycles. The molecule has 3 rings (SSSR count). The first kappa shape index (κ1) is 25.3. The fourth-order valence-electron chi connectivity index (χ4n) is 4.04. The molecule has 182 valence electrons. The molecule has 1 saturated carbocycles. The SMILES string of the molecule is COc1cccc(C(=O)NC(=S)N(Cc2ccc(OCC(N)=O)c(OC)c2)C2CCCCC2)c1. The lowest BCUT2D eigenvalue weighted by atomic mass is 9.94. The Bertz CT molecular complexity index is 1020. The van der Waals surface area contributed by atoms with Gasteiger partial charge in [-0.3, -0.25) is 14.9 Å². The molecule has 8 nitrogen and oxygen atoms in total.